The van der Waals surface area contributed by atoms with Crippen LogP contribution in [0.3, 0.4) is 0 Å². The molecule has 0 radical (unpaired) electrons. The summed E-state index contributed by atoms with van der Waals surface area (Å²) in [5.41, 5.74) is 2.83. The van der Waals surface area contributed by atoms with Crippen LogP contribution in [-0.4, -0.2) is 4.98 Å². The maximum Gasteiger partial charge on any atom is 0.101 e. The topological polar surface area (TPSA) is 36.7 Å². The van der Waals surface area contributed by atoms with E-state index in [0.29, 0.717) is 5.56 Å². The minimum Gasteiger partial charge on any atom is -0.255 e. The third-order valence-electron chi connectivity index (χ3n) is 2.28. The molecule has 2 nitrogen and oxygen atoms in total. The summed E-state index contributed by atoms with van der Waals surface area (Å²) in [7, 11) is 0. The molecular formula is C12H10N2. The van der Waals surface area contributed by atoms with Gasteiger partial charge >= 0.3 is 0 Å². The van der Waals surface area contributed by atoms with Crippen LogP contribution in [0.5, 0.6) is 0 Å². The van der Waals surface area contributed by atoms with Gasteiger partial charge in [0.15, 0.2) is 0 Å². The number of rotatable bonds is 1. The largest absolute Gasteiger partial charge is 0.255 e. The first-order valence-corrected chi connectivity index (χ1v) is 4.62. The molecule has 1 aromatic heterocycles. The van der Waals surface area contributed by atoms with Gasteiger partial charge in [-0.2, -0.15) is 5.26 Å². The van der Waals surface area contributed by atoms with Crippen molar-refractivity contribution in [2.45, 2.75) is 13.3 Å². The first kappa shape index (κ1) is 8.71. The predicted octanol–water partition coefficient (Wildman–Crippen LogP) is 2.67. The lowest BCUT2D eigenvalue weighted by Gasteiger charge is -2.00. The molecule has 0 amide bonds. The van der Waals surface area contributed by atoms with Crippen LogP contribution in [0, 0.1) is 11.3 Å². The predicted molar refractivity (Wildman–Crippen MR) is 55.8 cm³/mol. The molecule has 0 unspecified atom stereocenters. The Morgan fingerprint density at radius 2 is 2.21 bits per heavy atom. The average molecular weight is 182 g/mol. The summed E-state index contributed by atoms with van der Waals surface area (Å²) in [4.78, 5) is 4.20. The Labute approximate surface area is 82.8 Å². The molecule has 0 bridgehead atoms. The van der Waals surface area contributed by atoms with E-state index < -0.39 is 0 Å². The number of aryl methyl sites for hydroxylation is 1. The molecule has 1 heterocycles. The number of nitrogens with zero attached hydrogens (tertiary/aromatic N) is 2. The van der Waals surface area contributed by atoms with Crippen LogP contribution in [-0.2, 0) is 6.42 Å². The summed E-state index contributed by atoms with van der Waals surface area (Å²) in [5.74, 6) is 0. The van der Waals surface area contributed by atoms with E-state index in [0.717, 1.165) is 17.3 Å². The van der Waals surface area contributed by atoms with Crippen molar-refractivity contribution in [3.63, 3.8) is 0 Å². The molecule has 0 aliphatic heterocycles. The number of aromatic nitrogens is 1. The summed E-state index contributed by atoms with van der Waals surface area (Å²) in [5, 5.41) is 9.78. The molecule has 1 aromatic carbocycles. The van der Waals surface area contributed by atoms with E-state index in [4.69, 9.17) is 5.26 Å². The van der Waals surface area contributed by atoms with Gasteiger partial charge in [0.1, 0.15) is 6.07 Å². The summed E-state index contributed by atoms with van der Waals surface area (Å²) in [6.45, 7) is 2.11. The standard InChI is InChI=1S/C12H10N2/c1-2-9-3-4-12-11(5-9)6-10(7-13)8-14-12/h3-6,8H,2H2,1H3. The van der Waals surface area contributed by atoms with Crippen LogP contribution < -0.4 is 0 Å². The number of fused-ring (bicyclic) bond motifs is 1. The molecule has 2 rings (SSSR count). The van der Waals surface area contributed by atoms with Crippen molar-refractivity contribution in [1.82, 2.24) is 4.98 Å². The zero-order chi connectivity index (χ0) is 9.97. The van der Waals surface area contributed by atoms with Gasteiger partial charge in [0, 0.05) is 11.6 Å². The molecule has 0 aliphatic carbocycles. The van der Waals surface area contributed by atoms with Crippen LogP contribution in [0.1, 0.15) is 18.1 Å². The molecule has 68 valence electrons. The Hall–Kier alpha value is -1.88. The van der Waals surface area contributed by atoms with E-state index in [1.807, 2.05) is 12.1 Å². The van der Waals surface area contributed by atoms with Crippen molar-refractivity contribution in [2.24, 2.45) is 0 Å². The first-order chi connectivity index (χ1) is 6.83. The number of hydrogen-bond acceptors (Lipinski definition) is 2. The van der Waals surface area contributed by atoms with Gasteiger partial charge in [-0.3, -0.25) is 4.98 Å². The van der Waals surface area contributed by atoms with Gasteiger partial charge in [0.25, 0.3) is 0 Å². The molecule has 0 atom stereocenters. The maximum atomic E-state index is 8.73. The smallest absolute Gasteiger partial charge is 0.101 e. The molecular weight excluding hydrogens is 172 g/mol. The van der Waals surface area contributed by atoms with E-state index in [1.165, 1.54) is 5.56 Å². The van der Waals surface area contributed by atoms with Crippen molar-refractivity contribution in [2.75, 3.05) is 0 Å². The fraction of sp³-hybridized carbons (Fsp3) is 0.167. The van der Waals surface area contributed by atoms with Crippen molar-refractivity contribution in [3.05, 3.63) is 41.6 Å². The highest BCUT2D eigenvalue weighted by atomic mass is 14.6. The number of hydrogen-bond donors (Lipinski definition) is 0. The fourth-order valence-corrected chi connectivity index (χ4v) is 1.46. The van der Waals surface area contributed by atoms with Gasteiger partial charge in [-0.25, -0.2) is 0 Å². The Bertz CT molecular complexity index is 509. The van der Waals surface area contributed by atoms with Gasteiger partial charge in [0.2, 0.25) is 0 Å². The highest BCUT2D eigenvalue weighted by Gasteiger charge is 1.97. The minimum atomic E-state index is 0.616. The van der Waals surface area contributed by atoms with Crippen molar-refractivity contribution >= 4 is 10.9 Å². The molecule has 0 fully saturated rings. The Kier molecular flexibility index (Phi) is 2.16. The molecule has 0 spiro atoms. The molecule has 0 saturated carbocycles. The third-order valence-corrected chi connectivity index (χ3v) is 2.28. The highest BCUT2D eigenvalue weighted by molar-refractivity contribution is 5.80. The zero-order valence-corrected chi connectivity index (χ0v) is 7.99. The van der Waals surface area contributed by atoms with E-state index in [-0.39, 0.29) is 0 Å². The second-order valence-electron chi connectivity index (χ2n) is 3.22. The Balaban J connectivity index is 2.67. The lowest BCUT2D eigenvalue weighted by atomic mass is 10.1. The van der Waals surface area contributed by atoms with Crippen LogP contribution in [0.4, 0.5) is 0 Å². The molecule has 14 heavy (non-hydrogen) atoms. The molecule has 0 N–H and O–H groups in total. The number of benzene rings is 1. The third kappa shape index (κ3) is 1.45. The van der Waals surface area contributed by atoms with Gasteiger partial charge in [-0.1, -0.05) is 13.0 Å². The number of pyridine rings is 1. The van der Waals surface area contributed by atoms with Gasteiger partial charge in [-0.15, -0.1) is 0 Å². The Morgan fingerprint density at radius 1 is 1.36 bits per heavy atom. The average Bonchev–Trinajstić information content (AvgIpc) is 2.27. The fourth-order valence-electron chi connectivity index (χ4n) is 1.46. The van der Waals surface area contributed by atoms with Gasteiger partial charge in [-0.05, 0) is 30.2 Å². The van der Waals surface area contributed by atoms with E-state index in [2.05, 4.69) is 30.1 Å². The van der Waals surface area contributed by atoms with E-state index in [9.17, 15) is 0 Å². The highest BCUT2D eigenvalue weighted by Crippen LogP contribution is 2.15. The van der Waals surface area contributed by atoms with Crippen LogP contribution in [0.15, 0.2) is 30.5 Å². The quantitative estimate of drug-likeness (QED) is 0.679. The SMILES string of the molecule is CCc1ccc2ncc(C#N)cc2c1. The van der Waals surface area contributed by atoms with E-state index in [1.54, 1.807) is 6.20 Å². The first-order valence-electron chi connectivity index (χ1n) is 4.62. The molecule has 0 aliphatic rings. The minimum absolute atomic E-state index is 0.616. The summed E-state index contributed by atoms with van der Waals surface area (Å²) < 4.78 is 0. The second-order valence-corrected chi connectivity index (χ2v) is 3.22. The molecule has 0 saturated heterocycles. The Morgan fingerprint density at radius 3 is 2.93 bits per heavy atom. The molecule has 2 aromatic rings. The van der Waals surface area contributed by atoms with Crippen LogP contribution in [0.25, 0.3) is 10.9 Å². The van der Waals surface area contributed by atoms with E-state index >= 15 is 0 Å². The van der Waals surface area contributed by atoms with Crippen molar-refractivity contribution < 1.29 is 0 Å². The van der Waals surface area contributed by atoms with Crippen molar-refractivity contribution in [1.29, 1.82) is 5.26 Å². The molecule has 2 heteroatoms. The lowest BCUT2D eigenvalue weighted by Crippen LogP contribution is -1.84. The van der Waals surface area contributed by atoms with Gasteiger partial charge < -0.3 is 0 Å². The number of nitriles is 1. The second kappa shape index (κ2) is 3.47. The normalized spacial score (nSPS) is 10.0. The maximum absolute atomic E-state index is 8.73. The zero-order valence-electron chi connectivity index (χ0n) is 7.99. The van der Waals surface area contributed by atoms with Gasteiger partial charge in [0.05, 0.1) is 11.1 Å². The summed E-state index contributed by atoms with van der Waals surface area (Å²) in [6.07, 6.45) is 2.61. The monoisotopic (exact) mass is 182 g/mol. The van der Waals surface area contributed by atoms with Crippen molar-refractivity contribution in [3.8, 4) is 6.07 Å². The summed E-state index contributed by atoms with van der Waals surface area (Å²) in [6, 6.07) is 10.1. The lowest BCUT2D eigenvalue weighted by molar-refractivity contribution is 1.14. The van der Waals surface area contributed by atoms with Crippen LogP contribution in [0.2, 0.25) is 0 Å². The van der Waals surface area contributed by atoms with Crippen LogP contribution >= 0.6 is 0 Å². The summed E-state index contributed by atoms with van der Waals surface area (Å²) >= 11 is 0.